The lowest BCUT2D eigenvalue weighted by atomic mass is 9.81. The van der Waals surface area contributed by atoms with E-state index in [0.717, 1.165) is 6.42 Å². The molecule has 4 aromatic rings. The molecule has 0 fully saturated rings. The molecular formula is C30H28. The molecule has 4 aromatic carbocycles. The molecule has 0 aliphatic heterocycles. The highest BCUT2D eigenvalue weighted by molar-refractivity contribution is 5.86. The van der Waals surface area contributed by atoms with Crippen LogP contribution in [0.3, 0.4) is 0 Å². The number of hydrogen-bond donors (Lipinski definition) is 0. The van der Waals surface area contributed by atoms with Crippen molar-refractivity contribution in [2.45, 2.75) is 39.0 Å². The van der Waals surface area contributed by atoms with Crippen LogP contribution in [0.15, 0.2) is 91.0 Å². The summed E-state index contributed by atoms with van der Waals surface area (Å²) in [5, 5.41) is 0. The lowest BCUT2D eigenvalue weighted by molar-refractivity contribution is 0.660. The summed E-state index contributed by atoms with van der Waals surface area (Å²) >= 11 is 0. The first kappa shape index (κ1) is 18.9. The van der Waals surface area contributed by atoms with E-state index < -0.39 is 0 Å². The second-order valence-corrected chi connectivity index (χ2v) is 8.96. The summed E-state index contributed by atoms with van der Waals surface area (Å²) in [5.74, 6) is 0. The molecule has 0 N–H and O–H groups in total. The molecule has 0 nitrogen and oxygen atoms in total. The van der Waals surface area contributed by atoms with Gasteiger partial charge in [0.25, 0.3) is 0 Å². The Hall–Kier alpha value is -3.12. The molecule has 0 heteroatoms. The van der Waals surface area contributed by atoms with E-state index >= 15 is 0 Å². The van der Waals surface area contributed by atoms with Gasteiger partial charge in [0, 0.05) is 5.41 Å². The highest BCUT2D eigenvalue weighted by Crippen LogP contribution is 2.50. The first-order valence-electron chi connectivity index (χ1n) is 11.0. The van der Waals surface area contributed by atoms with E-state index in [2.05, 4.69) is 112 Å². The molecule has 0 amide bonds. The van der Waals surface area contributed by atoms with Gasteiger partial charge in [0.1, 0.15) is 0 Å². The fraction of sp³-hybridized carbons (Fsp3) is 0.200. The minimum atomic E-state index is 0.0120. The van der Waals surface area contributed by atoms with Crippen LogP contribution in [-0.2, 0) is 11.8 Å². The maximum absolute atomic E-state index is 2.40. The zero-order chi connectivity index (χ0) is 20.7. The number of hydrogen-bond acceptors (Lipinski definition) is 0. The van der Waals surface area contributed by atoms with Crippen LogP contribution in [0.5, 0.6) is 0 Å². The molecule has 0 bridgehead atoms. The quantitative estimate of drug-likeness (QED) is 0.330. The fourth-order valence-corrected chi connectivity index (χ4v) is 4.94. The van der Waals surface area contributed by atoms with Gasteiger partial charge in [-0.15, -0.1) is 0 Å². The van der Waals surface area contributed by atoms with Crippen LogP contribution in [0.25, 0.3) is 33.4 Å². The monoisotopic (exact) mass is 388 g/mol. The molecule has 0 heterocycles. The molecule has 148 valence electrons. The van der Waals surface area contributed by atoms with Gasteiger partial charge < -0.3 is 0 Å². The van der Waals surface area contributed by atoms with Crippen molar-refractivity contribution in [3.63, 3.8) is 0 Å². The van der Waals surface area contributed by atoms with E-state index in [1.165, 1.54) is 56.5 Å². The third kappa shape index (κ3) is 3.08. The molecule has 0 unspecified atom stereocenters. The van der Waals surface area contributed by atoms with Crippen molar-refractivity contribution in [2.24, 2.45) is 0 Å². The van der Waals surface area contributed by atoms with Gasteiger partial charge >= 0.3 is 0 Å². The van der Waals surface area contributed by atoms with E-state index in [1.807, 2.05) is 0 Å². The van der Waals surface area contributed by atoms with E-state index in [4.69, 9.17) is 0 Å². The predicted molar refractivity (Wildman–Crippen MR) is 129 cm³/mol. The molecule has 0 saturated carbocycles. The maximum Gasteiger partial charge on any atom is 0.0159 e. The summed E-state index contributed by atoms with van der Waals surface area (Å²) < 4.78 is 0. The van der Waals surface area contributed by atoms with Crippen molar-refractivity contribution in [2.75, 3.05) is 0 Å². The molecule has 0 aromatic heterocycles. The van der Waals surface area contributed by atoms with E-state index in [1.54, 1.807) is 0 Å². The molecular weight excluding hydrogens is 360 g/mol. The molecule has 30 heavy (non-hydrogen) atoms. The van der Waals surface area contributed by atoms with Crippen LogP contribution in [0.2, 0.25) is 0 Å². The first-order chi connectivity index (χ1) is 14.6. The third-order valence-electron chi connectivity index (χ3n) is 6.58. The van der Waals surface area contributed by atoms with Crippen molar-refractivity contribution in [1.82, 2.24) is 0 Å². The molecule has 0 radical (unpaired) electrons. The molecule has 0 spiro atoms. The van der Waals surface area contributed by atoms with Gasteiger partial charge in [-0.3, -0.25) is 0 Å². The Kier molecular flexibility index (Phi) is 4.59. The van der Waals surface area contributed by atoms with Crippen LogP contribution < -0.4 is 0 Å². The average molecular weight is 389 g/mol. The normalized spacial score (nSPS) is 13.7. The van der Waals surface area contributed by atoms with Gasteiger partial charge in [-0.25, -0.2) is 0 Å². The molecule has 1 aliphatic carbocycles. The maximum atomic E-state index is 2.40. The van der Waals surface area contributed by atoms with Gasteiger partial charge in [0.2, 0.25) is 0 Å². The Morgan fingerprint density at radius 3 is 2.07 bits per heavy atom. The fourth-order valence-electron chi connectivity index (χ4n) is 4.94. The smallest absolute Gasteiger partial charge is 0.0159 e. The van der Waals surface area contributed by atoms with Crippen molar-refractivity contribution in [1.29, 1.82) is 0 Å². The third-order valence-corrected chi connectivity index (χ3v) is 6.58. The second kappa shape index (κ2) is 7.29. The van der Waals surface area contributed by atoms with Gasteiger partial charge in [0.15, 0.2) is 0 Å². The lowest BCUT2D eigenvalue weighted by Crippen LogP contribution is -2.15. The minimum absolute atomic E-state index is 0.0120. The van der Waals surface area contributed by atoms with Crippen molar-refractivity contribution in [3.8, 4) is 33.4 Å². The van der Waals surface area contributed by atoms with Crippen LogP contribution in [0, 0.1) is 0 Å². The van der Waals surface area contributed by atoms with E-state index in [9.17, 15) is 0 Å². The largest absolute Gasteiger partial charge is 0.0651 e. The molecule has 0 atom stereocenters. The Bertz CT molecular complexity index is 1210. The van der Waals surface area contributed by atoms with Crippen LogP contribution in [-0.4, -0.2) is 0 Å². The first-order valence-corrected chi connectivity index (χ1v) is 11.0. The van der Waals surface area contributed by atoms with E-state index in [0.29, 0.717) is 0 Å². The number of rotatable bonds is 4. The van der Waals surface area contributed by atoms with Crippen LogP contribution in [0.4, 0.5) is 0 Å². The number of benzene rings is 4. The molecule has 0 saturated heterocycles. The zero-order valence-electron chi connectivity index (χ0n) is 18.1. The highest BCUT2D eigenvalue weighted by Gasteiger charge is 2.35. The summed E-state index contributed by atoms with van der Waals surface area (Å²) in [6.45, 7) is 6.95. The molecule has 1 aliphatic rings. The lowest BCUT2D eigenvalue weighted by Gasteiger charge is -2.22. The summed E-state index contributed by atoms with van der Waals surface area (Å²) in [6.07, 6.45) is 2.32. The molecule has 5 rings (SSSR count). The summed E-state index contributed by atoms with van der Waals surface area (Å²) in [5.41, 5.74) is 12.2. The summed E-state index contributed by atoms with van der Waals surface area (Å²) in [7, 11) is 0. The summed E-state index contributed by atoms with van der Waals surface area (Å²) in [4.78, 5) is 0. The Morgan fingerprint density at radius 1 is 0.567 bits per heavy atom. The number of aryl methyl sites for hydroxylation is 1. The van der Waals surface area contributed by atoms with E-state index in [-0.39, 0.29) is 5.41 Å². The van der Waals surface area contributed by atoms with Crippen molar-refractivity contribution in [3.05, 3.63) is 108 Å². The van der Waals surface area contributed by atoms with Crippen LogP contribution >= 0.6 is 0 Å². The van der Waals surface area contributed by atoms with Gasteiger partial charge in [-0.05, 0) is 68.6 Å². The van der Waals surface area contributed by atoms with Gasteiger partial charge in [-0.1, -0.05) is 106 Å². The van der Waals surface area contributed by atoms with Gasteiger partial charge in [-0.2, -0.15) is 0 Å². The number of fused-ring (bicyclic) bond motifs is 3. The Labute approximate surface area is 180 Å². The second-order valence-electron chi connectivity index (χ2n) is 8.96. The van der Waals surface area contributed by atoms with Gasteiger partial charge in [0.05, 0.1) is 0 Å². The minimum Gasteiger partial charge on any atom is -0.0651 e. The van der Waals surface area contributed by atoms with Crippen molar-refractivity contribution < 1.29 is 0 Å². The SMILES string of the molecule is CCCc1cccc(-c2ccc3c(c2)-c2ccc(-c4ccccc4)cc2C3(C)C)c1. The predicted octanol–water partition coefficient (Wildman–Crippen LogP) is 8.28. The topological polar surface area (TPSA) is 0 Å². The highest BCUT2D eigenvalue weighted by atomic mass is 14.4. The average Bonchev–Trinajstić information content (AvgIpc) is 3.01. The Balaban J connectivity index is 1.61. The standard InChI is InChI=1S/C30H28/c1-4-9-21-10-8-13-23(18-21)24-15-17-28-27(19-24)26-16-14-25(20-29(26)30(28,2)3)22-11-6-5-7-12-22/h5-8,10-20H,4,9H2,1-3H3. The van der Waals surface area contributed by atoms with Crippen LogP contribution in [0.1, 0.15) is 43.9 Å². The summed E-state index contributed by atoms with van der Waals surface area (Å²) in [6, 6.07) is 33.7. The van der Waals surface area contributed by atoms with Crippen molar-refractivity contribution >= 4 is 0 Å². The Morgan fingerprint density at radius 2 is 1.27 bits per heavy atom. The zero-order valence-corrected chi connectivity index (χ0v) is 18.1.